The summed E-state index contributed by atoms with van der Waals surface area (Å²) < 4.78 is 6.09. The number of halogens is 1. The largest absolute Gasteiger partial charge is 0.384 e. The topological polar surface area (TPSA) is 29.5 Å². The van der Waals surface area contributed by atoms with Crippen LogP contribution in [-0.2, 0) is 11.3 Å². The van der Waals surface area contributed by atoms with Gasteiger partial charge in [-0.15, -0.1) is 0 Å². The van der Waals surface area contributed by atoms with E-state index < -0.39 is 6.10 Å². The predicted molar refractivity (Wildman–Crippen MR) is 73.2 cm³/mol. The summed E-state index contributed by atoms with van der Waals surface area (Å²) in [5, 5.41) is 14.3. The van der Waals surface area contributed by atoms with Crippen molar-refractivity contribution in [2.45, 2.75) is 12.7 Å². The summed E-state index contributed by atoms with van der Waals surface area (Å²) in [6.07, 6.45) is -0.609. The highest BCUT2D eigenvalue weighted by Gasteiger charge is 2.17. The Morgan fingerprint density at radius 2 is 2.06 bits per heavy atom. The Bertz CT molecular complexity index is 496. The minimum Gasteiger partial charge on any atom is -0.384 e. The molecule has 0 fully saturated rings. The molecule has 90 valence electrons. The lowest BCUT2D eigenvalue weighted by molar-refractivity contribution is 0.176. The zero-order chi connectivity index (χ0) is 12.3. The fraction of sp³-hybridized carbons (Fsp3) is 0.231. The van der Waals surface area contributed by atoms with Crippen molar-refractivity contribution in [1.29, 1.82) is 0 Å². The number of benzene rings is 1. The van der Waals surface area contributed by atoms with Crippen LogP contribution in [0.4, 0.5) is 0 Å². The van der Waals surface area contributed by atoms with Gasteiger partial charge >= 0.3 is 0 Å². The van der Waals surface area contributed by atoms with Gasteiger partial charge in [0, 0.05) is 22.5 Å². The Labute approximate surface area is 113 Å². The SMILES string of the molecule is COCc1ccccc1C(O)c1cscc1Br. The molecule has 0 spiro atoms. The van der Waals surface area contributed by atoms with Crippen LogP contribution in [0.1, 0.15) is 22.8 Å². The Kier molecular flexibility index (Phi) is 4.34. The van der Waals surface area contributed by atoms with E-state index in [1.165, 1.54) is 0 Å². The smallest absolute Gasteiger partial charge is 0.106 e. The first-order chi connectivity index (χ1) is 8.24. The highest BCUT2D eigenvalue weighted by atomic mass is 79.9. The summed E-state index contributed by atoms with van der Waals surface area (Å²) in [6, 6.07) is 7.79. The second kappa shape index (κ2) is 5.78. The number of rotatable bonds is 4. The molecule has 0 aliphatic rings. The number of ether oxygens (including phenoxy) is 1. The summed E-state index contributed by atoms with van der Waals surface area (Å²) >= 11 is 5.02. The molecule has 0 aliphatic carbocycles. The van der Waals surface area contributed by atoms with Crippen LogP contribution < -0.4 is 0 Å². The van der Waals surface area contributed by atoms with Gasteiger partial charge in [0.1, 0.15) is 6.10 Å². The lowest BCUT2D eigenvalue weighted by Crippen LogP contribution is -2.04. The third-order valence-corrected chi connectivity index (χ3v) is 4.34. The van der Waals surface area contributed by atoms with Crippen molar-refractivity contribution in [2.24, 2.45) is 0 Å². The van der Waals surface area contributed by atoms with Crippen LogP contribution in [0, 0.1) is 0 Å². The van der Waals surface area contributed by atoms with Gasteiger partial charge in [0.25, 0.3) is 0 Å². The highest BCUT2D eigenvalue weighted by molar-refractivity contribution is 9.10. The van der Waals surface area contributed by atoms with E-state index in [0.29, 0.717) is 6.61 Å². The molecule has 2 aromatic rings. The average molecular weight is 313 g/mol. The molecule has 1 N–H and O–H groups in total. The standard InChI is InChI=1S/C13H13BrO2S/c1-16-6-9-4-2-3-5-10(9)13(15)11-7-17-8-12(11)14/h2-5,7-8,13,15H,6H2,1H3. The second-order valence-electron chi connectivity index (χ2n) is 3.71. The fourth-order valence-corrected chi connectivity index (χ4v) is 3.27. The number of thiophene rings is 1. The molecule has 0 amide bonds. The number of methoxy groups -OCH3 is 1. The Balaban J connectivity index is 2.37. The van der Waals surface area contributed by atoms with Crippen molar-refractivity contribution >= 4 is 27.3 Å². The van der Waals surface area contributed by atoms with E-state index in [2.05, 4.69) is 15.9 Å². The molecule has 1 unspecified atom stereocenters. The van der Waals surface area contributed by atoms with E-state index in [1.54, 1.807) is 18.4 Å². The molecule has 0 aliphatic heterocycles. The zero-order valence-electron chi connectivity index (χ0n) is 9.39. The molecule has 1 aromatic heterocycles. The first kappa shape index (κ1) is 12.8. The summed E-state index contributed by atoms with van der Waals surface area (Å²) in [5.41, 5.74) is 2.81. The number of aliphatic hydroxyl groups excluding tert-OH is 1. The first-order valence-corrected chi connectivity index (χ1v) is 6.94. The van der Waals surface area contributed by atoms with Crippen LogP contribution in [0.3, 0.4) is 0 Å². The summed E-state index contributed by atoms with van der Waals surface area (Å²) in [5.74, 6) is 0. The second-order valence-corrected chi connectivity index (χ2v) is 5.31. The van der Waals surface area contributed by atoms with Crippen molar-refractivity contribution in [2.75, 3.05) is 7.11 Å². The highest BCUT2D eigenvalue weighted by Crippen LogP contribution is 2.32. The van der Waals surface area contributed by atoms with Gasteiger partial charge in [0.15, 0.2) is 0 Å². The van der Waals surface area contributed by atoms with Gasteiger partial charge in [0.05, 0.1) is 6.61 Å². The molecule has 0 saturated heterocycles. The maximum atomic E-state index is 10.4. The molecule has 1 heterocycles. The van der Waals surface area contributed by atoms with Crippen molar-refractivity contribution in [3.63, 3.8) is 0 Å². The summed E-state index contributed by atoms with van der Waals surface area (Å²) in [4.78, 5) is 0. The van der Waals surface area contributed by atoms with Crippen LogP contribution in [0.5, 0.6) is 0 Å². The van der Waals surface area contributed by atoms with E-state index in [-0.39, 0.29) is 0 Å². The lowest BCUT2D eigenvalue weighted by Gasteiger charge is -2.15. The minimum absolute atomic E-state index is 0.509. The molecule has 1 aromatic carbocycles. The molecule has 0 bridgehead atoms. The zero-order valence-corrected chi connectivity index (χ0v) is 11.8. The lowest BCUT2D eigenvalue weighted by atomic mass is 9.99. The number of hydrogen-bond acceptors (Lipinski definition) is 3. The normalized spacial score (nSPS) is 12.6. The summed E-state index contributed by atoms with van der Waals surface area (Å²) in [7, 11) is 1.66. The van der Waals surface area contributed by atoms with E-state index in [1.807, 2.05) is 35.0 Å². The molecular weight excluding hydrogens is 300 g/mol. The van der Waals surface area contributed by atoms with Crippen LogP contribution in [0.2, 0.25) is 0 Å². The molecule has 17 heavy (non-hydrogen) atoms. The molecule has 2 nitrogen and oxygen atoms in total. The quantitative estimate of drug-likeness (QED) is 0.932. The van der Waals surface area contributed by atoms with E-state index in [0.717, 1.165) is 21.2 Å². The molecule has 4 heteroatoms. The van der Waals surface area contributed by atoms with Crippen molar-refractivity contribution in [3.8, 4) is 0 Å². The maximum absolute atomic E-state index is 10.4. The third kappa shape index (κ3) is 2.77. The number of aliphatic hydroxyl groups is 1. The van der Waals surface area contributed by atoms with Gasteiger partial charge in [-0.3, -0.25) is 0 Å². The van der Waals surface area contributed by atoms with E-state index in [9.17, 15) is 5.11 Å². The Hall–Kier alpha value is -0.680. The van der Waals surface area contributed by atoms with Gasteiger partial charge in [-0.1, -0.05) is 24.3 Å². The van der Waals surface area contributed by atoms with Crippen LogP contribution >= 0.6 is 27.3 Å². The van der Waals surface area contributed by atoms with E-state index in [4.69, 9.17) is 4.74 Å². The molecule has 1 atom stereocenters. The maximum Gasteiger partial charge on any atom is 0.106 e. The summed E-state index contributed by atoms with van der Waals surface area (Å²) in [6.45, 7) is 0.509. The van der Waals surface area contributed by atoms with Crippen molar-refractivity contribution in [3.05, 3.63) is 56.2 Å². The third-order valence-electron chi connectivity index (χ3n) is 2.59. The molecule has 2 rings (SSSR count). The first-order valence-electron chi connectivity index (χ1n) is 5.20. The van der Waals surface area contributed by atoms with Crippen LogP contribution in [-0.4, -0.2) is 12.2 Å². The van der Waals surface area contributed by atoms with Gasteiger partial charge in [0.2, 0.25) is 0 Å². The van der Waals surface area contributed by atoms with Gasteiger partial charge in [-0.05, 0) is 32.4 Å². The molecule has 0 saturated carbocycles. The average Bonchev–Trinajstić information content (AvgIpc) is 2.76. The monoisotopic (exact) mass is 312 g/mol. The van der Waals surface area contributed by atoms with E-state index >= 15 is 0 Å². The van der Waals surface area contributed by atoms with Crippen molar-refractivity contribution in [1.82, 2.24) is 0 Å². The van der Waals surface area contributed by atoms with Crippen molar-refractivity contribution < 1.29 is 9.84 Å². The number of hydrogen-bond donors (Lipinski definition) is 1. The Morgan fingerprint density at radius 3 is 2.71 bits per heavy atom. The van der Waals surface area contributed by atoms with Crippen LogP contribution in [0.25, 0.3) is 0 Å². The Morgan fingerprint density at radius 1 is 1.29 bits per heavy atom. The van der Waals surface area contributed by atoms with Crippen LogP contribution in [0.15, 0.2) is 39.5 Å². The fourth-order valence-electron chi connectivity index (χ4n) is 1.74. The van der Waals surface area contributed by atoms with Gasteiger partial charge in [-0.25, -0.2) is 0 Å². The van der Waals surface area contributed by atoms with Gasteiger partial charge in [-0.2, -0.15) is 11.3 Å². The molecule has 0 radical (unpaired) electrons. The minimum atomic E-state index is -0.609. The predicted octanol–water partition coefficient (Wildman–Crippen LogP) is 3.74. The van der Waals surface area contributed by atoms with Gasteiger partial charge < -0.3 is 9.84 Å². The molecular formula is C13H13BrO2S.